The zero-order chi connectivity index (χ0) is 16.9. The first-order valence-corrected chi connectivity index (χ1v) is 8.37. The summed E-state index contributed by atoms with van der Waals surface area (Å²) in [5, 5.41) is 9.99. The third-order valence-electron chi connectivity index (χ3n) is 4.54. The van der Waals surface area contributed by atoms with Gasteiger partial charge in [-0.15, -0.1) is 0 Å². The number of likely N-dealkylation sites (tertiary alicyclic amines) is 1. The maximum atomic E-state index is 12.6. The smallest absolute Gasteiger partial charge is 0.254 e. The van der Waals surface area contributed by atoms with E-state index in [-0.39, 0.29) is 11.8 Å². The number of piperidine rings is 1. The molecule has 2 atom stereocenters. The van der Waals surface area contributed by atoms with E-state index in [2.05, 4.69) is 0 Å². The number of benzene rings is 2. The van der Waals surface area contributed by atoms with Crippen LogP contribution in [-0.4, -0.2) is 35.1 Å². The minimum atomic E-state index is -0.444. The average molecular weight is 325 g/mol. The molecule has 1 fully saturated rings. The van der Waals surface area contributed by atoms with Crippen LogP contribution in [-0.2, 0) is 6.61 Å². The van der Waals surface area contributed by atoms with Gasteiger partial charge >= 0.3 is 0 Å². The summed E-state index contributed by atoms with van der Waals surface area (Å²) in [6, 6.07) is 17.2. The summed E-state index contributed by atoms with van der Waals surface area (Å²) < 4.78 is 5.79. The summed E-state index contributed by atoms with van der Waals surface area (Å²) in [6.07, 6.45) is 0.386. The third-order valence-corrected chi connectivity index (χ3v) is 4.54. The van der Waals surface area contributed by atoms with E-state index < -0.39 is 6.10 Å². The first-order chi connectivity index (χ1) is 11.6. The molecule has 1 aliphatic heterocycles. The molecule has 0 radical (unpaired) electrons. The first-order valence-electron chi connectivity index (χ1n) is 8.37. The van der Waals surface area contributed by atoms with Gasteiger partial charge in [0.1, 0.15) is 12.4 Å². The molecule has 126 valence electrons. The Kier molecular flexibility index (Phi) is 5.16. The lowest BCUT2D eigenvalue weighted by Crippen LogP contribution is -2.45. The van der Waals surface area contributed by atoms with Crippen molar-refractivity contribution in [2.45, 2.75) is 26.1 Å². The fourth-order valence-electron chi connectivity index (χ4n) is 2.88. The van der Waals surface area contributed by atoms with Crippen LogP contribution in [0.3, 0.4) is 0 Å². The fourth-order valence-corrected chi connectivity index (χ4v) is 2.88. The molecule has 0 aromatic heterocycles. The lowest BCUT2D eigenvalue weighted by molar-refractivity contribution is 0.0248. The van der Waals surface area contributed by atoms with Crippen LogP contribution >= 0.6 is 0 Å². The van der Waals surface area contributed by atoms with E-state index in [0.717, 1.165) is 12.0 Å². The molecular formula is C20H23NO3. The number of β-amino-alcohol motifs (C(OH)–C–C–N with tert-alkyl or cyclic N) is 1. The van der Waals surface area contributed by atoms with Gasteiger partial charge in [-0.2, -0.15) is 0 Å². The molecule has 0 bridgehead atoms. The number of hydrogen-bond donors (Lipinski definition) is 1. The second-order valence-corrected chi connectivity index (χ2v) is 6.39. The Bertz CT molecular complexity index is 686. The van der Waals surface area contributed by atoms with Gasteiger partial charge in [-0.25, -0.2) is 0 Å². The third kappa shape index (κ3) is 3.95. The van der Waals surface area contributed by atoms with Gasteiger partial charge in [0.15, 0.2) is 0 Å². The largest absolute Gasteiger partial charge is 0.489 e. The Hall–Kier alpha value is -2.33. The van der Waals surface area contributed by atoms with Crippen LogP contribution < -0.4 is 4.74 Å². The number of aliphatic hydroxyl groups is 1. The van der Waals surface area contributed by atoms with E-state index in [1.165, 1.54) is 0 Å². The predicted molar refractivity (Wildman–Crippen MR) is 92.9 cm³/mol. The Balaban J connectivity index is 1.65. The molecule has 1 heterocycles. The van der Waals surface area contributed by atoms with Crippen LogP contribution in [0.5, 0.6) is 5.75 Å². The van der Waals surface area contributed by atoms with Crippen molar-refractivity contribution in [3.63, 3.8) is 0 Å². The topological polar surface area (TPSA) is 49.8 Å². The van der Waals surface area contributed by atoms with E-state index in [1.807, 2.05) is 49.4 Å². The molecule has 0 spiro atoms. The Labute approximate surface area is 142 Å². The molecule has 4 heteroatoms. The molecule has 2 aromatic rings. The lowest BCUT2D eigenvalue weighted by Gasteiger charge is -2.34. The molecule has 24 heavy (non-hydrogen) atoms. The van der Waals surface area contributed by atoms with Crippen LogP contribution in [0.4, 0.5) is 0 Å². The van der Waals surface area contributed by atoms with Crippen LogP contribution in [0.2, 0.25) is 0 Å². The van der Waals surface area contributed by atoms with Crippen molar-refractivity contribution in [2.75, 3.05) is 13.1 Å². The summed E-state index contributed by atoms with van der Waals surface area (Å²) in [7, 11) is 0. The van der Waals surface area contributed by atoms with Crippen molar-refractivity contribution in [2.24, 2.45) is 5.92 Å². The van der Waals surface area contributed by atoms with E-state index in [1.54, 1.807) is 17.0 Å². The molecule has 1 N–H and O–H groups in total. The highest BCUT2D eigenvalue weighted by Gasteiger charge is 2.27. The molecule has 1 aliphatic rings. The molecule has 2 aromatic carbocycles. The Morgan fingerprint density at radius 3 is 2.75 bits per heavy atom. The van der Waals surface area contributed by atoms with Gasteiger partial charge in [-0.3, -0.25) is 4.79 Å². The monoisotopic (exact) mass is 325 g/mol. The number of nitrogens with zero attached hydrogens (tertiary/aromatic N) is 1. The van der Waals surface area contributed by atoms with E-state index in [4.69, 9.17) is 4.74 Å². The number of carbonyl (C=O) groups excluding carboxylic acids is 1. The molecule has 0 saturated carbocycles. The highest BCUT2D eigenvalue weighted by atomic mass is 16.5. The van der Waals surface area contributed by atoms with Crippen molar-refractivity contribution < 1.29 is 14.6 Å². The van der Waals surface area contributed by atoms with Crippen LogP contribution in [0.15, 0.2) is 54.6 Å². The zero-order valence-corrected chi connectivity index (χ0v) is 13.9. The number of rotatable bonds is 4. The van der Waals surface area contributed by atoms with Gasteiger partial charge in [0.2, 0.25) is 0 Å². The number of hydrogen-bond acceptors (Lipinski definition) is 3. The van der Waals surface area contributed by atoms with E-state index in [9.17, 15) is 9.90 Å². The number of amides is 1. The van der Waals surface area contributed by atoms with Crippen LogP contribution in [0.25, 0.3) is 0 Å². The van der Waals surface area contributed by atoms with Gasteiger partial charge in [0.25, 0.3) is 5.91 Å². The van der Waals surface area contributed by atoms with Gasteiger partial charge < -0.3 is 14.7 Å². The highest BCUT2D eigenvalue weighted by Crippen LogP contribution is 2.21. The van der Waals surface area contributed by atoms with Crippen molar-refractivity contribution in [3.05, 3.63) is 65.7 Å². The molecule has 3 rings (SSSR count). The summed E-state index contributed by atoms with van der Waals surface area (Å²) in [6.45, 7) is 3.57. The van der Waals surface area contributed by atoms with Crippen LogP contribution in [0.1, 0.15) is 29.3 Å². The summed E-state index contributed by atoms with van der Waals surface area (Å²) in [4.78, 5) is 14.4. The van der Waals surface area contributed by atoms with E-state index >= 15 is 0 Å². The summed E-state index contributed by atoms with van der Waals surface area (Å²) in [5.41, 5.74) is 1.68. The first kappa shape index (κ1) is 16.5. The van der Waals surface area contributed by atoms with Crippen LogP contribution in [0, 0.1) is 5.92 Å². The lowest BCUT2D eigenvalue weighted by atomic mass is 9.95. The maximum absolute atomic E-state index is 12.6. The number of carbonyl (C=O) groups is 1. The molecule has 0 aliphatic carbocycles. The molecule has 1 amide bonds. The highest BCUT2D eigenvalue weighted by molar-refractivity contribution is 5.94. The summed E-state index contributed by atoms with van der Waals surface area (Å²) >= 11 is 0. The van der Waals surface area contributed by atoms with Gasteiger partial charge in [-0.1, -0.05) is 43.3 Å². The zero-order valence-electron chi connectivity index (χ0n) is 13.9. The molecule has 1 saturated heterocycles. The second kappa shape index (κ2) is 7.49. The van der Waals surface area contributed by atoms with Crippen molar-refractivity contribution in [1.29, 1.82) is 0 Å². The minimum Gasteiger partial charge on any atom is -0.489 e. The number of aliphatic hydroxyl groups excluding tert-OH is 1. The number of ether oxygens (including phenoxy) is 1. The van der Waals surface area contributed by atoms with Gasteiger partial charge in [0.05, 0.1) is 6.10 Å². The average Bonchev–Trinajstić information content (AvgIpc) is 2.63. The Morgan fingerprint density at radius 1 is 1.21 bits per heavy atom. The van der Waals surface area contributed by atoms with Crippen molar-refractivity contribution in [1.82, 2.24) is 4.90 Å². The predicted octanol–water partition coefficient (Wildman–Crippen LogP) is 3.11. The maximum Gasteiger partial charge on any atom is 0.254 e. The SMILES string of the molecule is CC1CCN(C(=O)c2cccc(OCc3ccccc3)c2)CC1O. The quantitative estimate of drug-likeness (QED) is 0.940. The van der Waals surface area contributed by atoms with Gasteiger partial charge in [0, 0.05) is 18.7 Å². The Morgan fingerprint density at radius 2 is 2.00 bits per heavy atom. The molecule has 2 unspecified atom stereocenters. The molecule has 4 nitrogen and oxygen atoms in total. The van der Waals surface area contributed by atoms with Crippen molar-refractivity contribution in [3.8, 4) is 5.75 Å². The van der Waals surface area contributed by atoms with Crippen molar-refractivity contribution >= 4 is 5.91 Å². The second-order valence-electron chi connectivity index (χ2n) is 6.39. The minimum absolute atomic E-state index is 0.0499. The standard InChI is InChI=1S/C20H23NO3/c1-15-10-11-21(13-19(15)22)20(23)17-8-5-9-18(12-17)24-14-16-6-3-2-4-7-16/h2-9,12,15,19,22H,10-11,13-14H2,1H3. The summed E-state index contributed by atoms with van der Waals surface area (Å²) in [5.74, 6) is 0.872. The normalized spacial score (nSPS) is 20.7. The van der Waals surface area contributed by atoms with Gasteiger partial charge in [-0.05, 0) is 36.1 Å². The molecular weight excluding hydrogens is 302 g/mol. The fraction of sp³-hybridized carbons (Fsp3) is 0.350. The van der Waals surface area contributed by atoms with E-state index in [0.29, 0.717) is 31.0 Å².